The van der Waals surface area contributed by atoms with Crippen LogP contribution in [-0.4, -0.2) is 11.5 Å². The number of aromatic nitrogens is 1. The number of aryl methyl sites for hydroxylation is 1. The van der Waals surface area contributed by atoms with E-state index in [2.05, 4.69) is 59.9 Å². The van der Waals surface area contributed by atoms with Crippen LogP contribution in [-0.2, 0) is 6.42 Å². The van der Waals surface area contributed by atoms with Crippen LogP contribution in [0.15, 0.2) is 48.1 Å². The highest BCUT2D eigenvalue weighted by atomic mass is 32.1. The van der Waals surface area contributed by atoms with Gasteiger partial charge >= 0.3 is 0 Å². The summed E-state index contributed by atoms with van der Waals surface area (Å²) in [5.74, 6) is 0. The Morgan fingerprint density at radius 2 is 2.10 bits per heavy atom. The van der Waals surface area contributed by atoms with Crippen molar-refractivity contribution in [3.05, 3.63) is 64.8 Å². The summed E-state index contributed by atoms with van der Waals surface area (Å²) < 4.78 is 1.37. The second-order valence-corrected chi connectivity index (χ2v) is 6.21. The number of benzene rings is 1. The Morgan fingerprint density at radius 1 is 1.24 bits per heavy atom. The molecule has 108 valence electrons. The lowest BCUT2D eigenvalue weighted by atomic mass is 9.96. The molecular weight excluding hydrogens is 276 g/mol. The van der Waals surface area contributed by atoms with Crippen molar-refractivity contribution >= 4 is 21.4 Å². The number of fused-ring (bicyclic) bond motifs is 1. The Kier molecular flexibility index (Phi) is 4.32. The van der Waals surface area contributed by atoms with Gasteiger partial charge in [0.15, 0.2) is 0 Å². The van der Waals surface area contributed by atoms with Crippen molar-refractivity contribution < 1.29 is 0 Å². The molecule has 0 saturated heterocycles. The van der Waals surface area contributed by atoms with Gasteiger partial charge in [-0.25, -0.2) is 0 Å². The van der Waals surface area contributed by atoms with Crippen LogP contribution in [0.2, 0.25) is 0 Å². The first-order valence-electron chi connectivity index (χ1n) is 7.38. The summed E-state index contributed by atoms with van der Waals surface area (Å²) in [6.45, 7) is 5.27. The monoisotopic (exact) mass is 296 g/mol. The van der Waals surface area contributed by atoms with E-state index in [0.29, 0.717) is 6.04 Å². The average Bonchev–Trinajstić information content (AvgIpc) is 2.91. The molecule has 0 spiro atoms. The SMILES string of the molecule is CCNC(Cc1csc2ccccc12)c1ccncc1C. The van der Waals surface area contributed by atoms with Crippen molar-refractivity contribution in [2.45, 2.75) is 26.3 Å². The van der Waals surface area contributed by atoms with Gasteiger partial charge in [0.05, 0.1) is 0 Å². The quantitative estimate of drug-likeness (QED) is 0.750. The van der Waals surface area contributed by atoms with E-state index in [9.17, 15) is 0 Å². The smallest absolute Gasteiger partial charge is 0.0365 e. The van der Waals surface area contributed by atoms with E-state index in [1.165, 1.54) is 26.8 Å². The first kappa shape index (κ1) is 14.2. The molecule has 0 bridgehead atoms. The van der Waals surface area contributed by atoms with Gasteiger partial charge in [0.1, 0.15) is 0 Å². The lowest BCUT2D eigenvalue weighted by Gasteiger charge is -2.20. The van der Waals surface area contributed by atoms with Crippen molar-refractivity contribution in [3.63, 3.8) is 0 Å². The normalized spacial score (nSPS) is 12.7. The van der Waals surface area contributed by atoms with Crippen molar-refractivity contribution in [2.75, 3.05) is 6.54 Å². The van der Waals surface area contributed by atoms with Crippen LogP contribution in [0.1, 0.15) is 29.7 Å². The molecule has 0 saturated carbocycles. The van der Waals surface area contributed by atoms with Gasteiger partial charge in [0.2, 0.25) is 0 Å². The van der Waals surface area contributed by atoms with Gasteiger partial charge in [0, 0.05) is 23.1 Å². The number of nitrogens with zero attached hydrogens (tertiary/aromatic N) is 1. The fourth-order valence-electron chi connectivity index (χ4n) is 2.82. The minimum Gasteiger partial charge on any atom is -0.310 e. The Morgan fingerprint density at radius 3 is 2.90 bits per heavy atom. The van der Waals surface area contributed by atoms with Crippen LogP contribution in [0.25, 0.3) is 10.1 Å². The zero-order valence-corrected chi connectivity index (χ0v) is 13.3. The molecule has 1 N–H and O–H groups in total. The predicted octanol–water partition coefficient (Wildman–Crippen LogP) is 4.50. The number of pyridine rings is 1. The Hall–Kier alpha value is -1.71. The summed E-state index contributed by atoms with van der Waals surface area (Å²) in [6.07, 6.45) is 4.85. The van der Waals surface area contributed by atoms with E-state index in [1.54, 1.807) is 0 Å². The molecule has 3 aromatic rings. The van der Waals surface area contributed by atoms with Crippen molar-refractivity contribution in [3.8, 4) is 0 Å². The minimum atomic E-state index is 0.344. The lowest BCUT2D eigenvalue weighted by Crippen LogP contribution is -2.23. The van der Waals surface area contributed by atoms with Gasteiger partial charge in [-0.05, 0) is 59.5 Å². The van der Waals surface area contributed by atoms with Gasteiger partial charge in [-0.15, -0.1) is 11.3 Å². The van der Waals surface area contributed by atoms with E-state index in [-0.39, 0.29) is 0 Å². The lowest BCUT2D eigenvalue weighted by molar-refractivity contribution is 0.548. The van der Waals surface area contributed by atoms with E-state index in [1.807, 2.05) is 23.7 Å². The molecule has 2 heterocycles. The highest BCUT2D eigenvalue weighted by Gasteiger charge is 2.15. The molecule has 0 aliphatic rings. The van der Waals surface area contributed by atoms with Gasteiger partial charge in [-0.1, -0.05) is 25.1 Å². The van der Waals surface area contributed by atoms with Gasteiger partial charge in [0.25, 0.3) is 0 Å². The molecule has 0 aliphatic carbocycles. The molecule has 1 aromatic carbocycles. The van der Waals surface area contributed by atoms with E-state index in [4.69, 9.17) is 0 Å². The number of likely N-dealkylation sites (N-methyl/N-ethyl adjacent to an activating group) is 1. The third kappa shape index (κ3) is 2.99. The van der Waals surface area contributed by atoms with Crippen LogP contribution in [0.3, 0.4) is 0 Å². The topological polar surface area (TPSA) is 24.9 Å². The van der Waals surface area contributed by atoms with E-state index >= 15 is 0 Å². The molecule has 2 nitrogen and oxygen atoms in total. The molecule has 1 unspecified atom stereocenters. The number of nitrogens with one attached hydrogen (secondary N) is 1. The van der Waals surface area contributed by atoms with Crippen molar-refractivity contribution in [2.24, 2.45) is 0 Å². The Labute approximate surface area is 129 Å². The standard InChI is InChI=1S/C18H20N2S/c1-3-20-17(15-8-9-19-11-13(15)2)10-14-12-21-18-7-5-4-6-16(14)18/h4-9,11-12,17,20H,3,10H2,1-2H3. The molecular formula is C18H20N2S. The van der Waals surface area contributed by atoms with Crippen molar-refractivity contribution in [1.82, 2.24) is 10.3 Å². The second kappa shape index (κ2) is 6.37. The molecule has 1 atom stereocenters. The first-order chi connectivity index (χ1) is 10.3. The third-order valence-electron chi connectivity index (χ3n) is 3.87. The number of hydrogen-bond donors (Lipinski definition) is 1. The van der Waals surface area contributed by atoms with Crippen LogP contribution in [0.4, 0.5) is 0 Å². The molecule has 0 aliphatic heterocycles. The summed E-state index contributed by atoms with van der Waals surface area (Å²) in [6, 6.07) is 11.1. The highest BCUT2D eigenvalue weighted by molar-refractivity contribution is 7.17. The number of rotatable bonds is 5. The predicted molar refractivity (Wildman–Crippen MR) is 90.9 cm³/mol. The van der Waals surface area contributed by atoms with Gasteiger partial charge in [-0.3, -0.25) is 4.98 Å². The summed E-state index contributed by atoms with van der Waals surface area (Å²) in [4.78, 5) is 4.21. The van der Waals surface area contributed by atoms with E-state index < -0.39 is 0 Å². The summed E-state index contributed by atoms with van der Waals surface area (Å²) in [5, 5.41) is 7.30. The molecule has 3 heteroatoms. The van der Waals surface area contributed by atoms with Crippen LogP contribution < -0.4 is 5.32 Å². The van der Waals surface area contributed by atoms with Crippen LogP contribution >= 0.6 is 11.3 Å². The zero-order chi connectivity index (χ0) is 14.7. The third-order valence-corrected chi connectivity index (χ3v) is 4.89. The average molecular weight is 296 g/mol. The summed E-state index contributed by atoms with van der Waals surface area (Å²) in [7, 11) is 0. The molecule has 0 fully saturated rings. The molecule has 3 rings (SSSR count). The molecule has 21 heavy (non-hydrogen) atoms. The summed E-state index contributed by atoms with van der Waals surface area (Å²) in [5.41, 5.74) is 4.03. The Bertz CT molecular complexity index is 733. The minimum absolute atomic E-state index is 0.344. The summed E-state index contributed by atoms with van der Waals surface area (Å²) >= 11 is 1.83. The second-order valence-electron chi connectivity index (χ2n) is 5.30. The maximum atomic E-state index is 4.21. The fraction of sp³-hybridized carbons (Fsp3) is 0.278. The number of thiophene rings is 1. The fourth-order valence-corrected chi connectivity index (χ4v) is 3.80. The van der Waals surface area contributed by atoms with Crippen molar-refractivity contribution in [1.29, 1.82) is 0 Å². The Balaban J connectivity index is 1.94. The number of hydrogen-bond acceptors (Lipinski definition) is 3. The largest absolute Gasteiger partial charge is 0.310 e. The van der Waals surface area contributed by atoms with Gasteiger partial charge in [-0.2, -0.15) is 0 Å². The first-order valence-corrected chi connectivity index (χ1v) is 8.26. The van der Waals surface area contributed by atoms with Crippen LogP contribution in [0, 0.1) is 6.92 Å². The molecule has 0 radical (unpaired) electrons. The maximum absolute atomic E-state index is 4.21. The zero-order valence-electron chi connectivity index (χ0n) is 12.5. The van der Waals surface area contributed by atoms with E-state index in [0.717, 1.165) is 13.0 Å². The molecule has 2 aromatic heterocycles. The molecule has 0 amide bonds. The van der Waals surface area contributed by atoms with Crippen LogP contribution in [0.5, 0.6) is 0 Å². The highest BCUT2D eigenvalue weighted by Crippen LogP contribution is 2.30. The maximum Gasteiger partial charge on any atom is 0.0365 e. The van der Waals surface area contributed by atoms with Gasteiger partial charge < -0.3 is 5.32 Å².